The molecule has 0 aliphatic heterocycles. The van der Waals surface area contributed by atoms with Crippen molar-refractivity contribution >= 4 is 23.0 Å². The monoisotopic (exact) mass is 303 g/mol. The number of rotatable bonds is 3. The Bertz CT molecular complexity index is 857. The molecule has 0 amide bonds. The van der Waals surface area contributed by atoms with Gasteiger partial charge < -0.3 is 0 Å². The third kappa shape index (κ3) is 3.11. The largest absolute Gasteiger partial charge is 0.265 e. The van der Waals surface area contributed by atoms with Crippen molar-refractivity contribution in [1.29, 1.82) is 5.26 Å². The van der Waals surface area contributed by atoms with Crippen LogP contribution in [-0.4, -0.2) is 9.97 Å². The van der Waals surface area contributed by atoms with Gasteiger partial charge in [-0.05, 0) is 30.7 Å². The standard InChI is InChI=1S/C18H13N3S/c1-13-3-2-4-14(9-13)10-16(11-19)18-21-17(12-22-18)15-5-7-20-8-6-15/h2-10,12H,1H3/b16-10+. The van der Waals surface area contributed by atoms with Crippen LogP contribution in [0, 0.1) is 18.3 Å². The fourth-order valence-corrected chi connectivity index (χ4v) is 2.92. The van der Waals surface area contributed by atoms with E-state index < -0.39 is 0 Å². The molecule has 0 spiro atoms. The Balaban J connectivity index is 1.96. The lowest BCUT2D eigenvalue weighted by atomic mass is 10.1. The average molecular weight is 303 g/mol. The van der Waals surface area contributed by atoms with Gasteiger partial charge in [-0.3, -0.25) is 4.98 Å². The number of aryl methyl sites for hydroxylation is 1. The van der Waals surface area contributed by atoms with Gasteiger partial charge in [0.2, 0.25) is 0 Å². The Hall–Kier alpha value is -2.77. The molecule has 0 unspecified atom stereocenters. The maximum atomic E-state index is 9.43. The number of hydrogen-bond acceptors (Lipinski definition) is 4. The zero-order chi connectivity index (χ0) is 15.4. The predicted molar refractivity (Wildman–Crippen MR) is 90.0 cm³/mol. The van der Waals surface area contributed by atoms with E-state index in [0.29, 0.717) is 5.57 Å². The molecule has 2 aromatic heterocycles. The zero-order valence-electron chi connectivity index (χ0n) is 12.0. The maximum absolute atomic E-state index is 9.43. The van der Waals surface area contributed by atoms with Crippen LogP contribution >= 0.6 is 11.3 Å². The lowest BCUT2D eigenvalue weighted by Crippen LogP contribution is -1.83. The van der Waals surface area contributed by atoms with E-state index in [1.807, 2.05) is 48.7 Å². The summed E-state index contributed by atoms with van der Waals surface area (Å²) in [4.78, 5) is 8.58. The molecule has 3 rings (SSSR count). The molecule has 106 valence electrons. The molecule has 22 heavy (non-hydrogen) atoms. The summed E-state index contributed by atoms with van der Waals surface area (Å²) in [5, 5.41) is 12.1. The Morgan fingerprint density at radius 2 is 2.05 bits per heavy atom. The van der Waals surface area contributed by atoms with Gasteiger partial charge in [-0.2, -0.15) is 5.26 Å². The Morgan fingerprint density at radius 1 is 1.23 bits per heavy atom. The number of benzene rings is 1. The maximum Gasteiger partial charge on any atom is 0.134 e. The molecule has 1 aromatic carbocycles. The van der Waals surface area contributed by atoms with Gasteiger partial charge in [-0.15, -0.1) is 11.3 Å². The summed E-state index contributed by atoms with van der Waals surface area (Å²) in [6, 6.07) is 14.1. The molecule has 2 heterocycles. The minimum absolute atomic E-state index is 0.580. The van der Waals surface area contributed by atoms with Crippen molar-refractivity contribution in [3.05, 3.63) is 70.3 Å². The highest BCUT2D eigenvalue weighted by atomic mass is 32.1. The summed E-state index contributed by atoms with van der Waals surface area (Å²) in [6.07, 6.45) is 5.35. The third-order valence-corrected chi connectivity index (χ3v) is 4.06. The van der Waals surface area contributed by atoms with Gasteiger partial charge in [-0.25, -0.2) is 4.98 Å². The lowest BCUT2D eigenvalue weighted by Gasteiger charge is -1.98. The number of aromatic nitrogens is 2. The van der Waals surface area contributed by atoms with E-state index in [9.17, 15) is 5.26 Å². The van der Waals surface area contributed by atoms with Crippen LogP contribution in [0.4, 0.5) is 0 Å². The minimum atomic E-state index is 0.580. The molecular weight excluding hydrogens is 290 g/mol. The average Bonchev–Trinajstić information content (AvgIpc) is 3.03. The van der Waals surface area contributed by atoms with Crippen molar-refractivity contribution in [2.24, 2.45) is 0 Å². The first-order chi connectivity index (χ1) is 10.8. The van der Waals surface area contributed by atoms with Crippen LogP contribution in [0.25, 0.3) is 22.9 Å². The second kappa shape index (κ2) is 6.33. The number of nitrogens with zero attached hydrogens (tertiary/aromatic N) is 3. The number of hydrogen-bond donors (Lipinski definition) is 0. The van der Waals surface area contributed by atoms with Gasteiger partial charge >= 0.3 is 0 Å². The van der Waals surface area contributed by atoms with Crippen LogP contribution in [0.2, 0.25) is 0 Å². The number of allylic oxidation sites excluding steroid dienone is 1. The van der Waals surface area contributed by atoms with Crippen molar-refractivity contribution in [3.63, 3.8) is 0 Å². The predicted octanol–water partition coefficient (Wildman–Crippen LogP) is 4.58. The summed E-state index contributed by atoms with van der Waals surface area (Å²) in [5.41, 5.74) is 4.63. The summed E-state index contributed by atoms with van der Waals surface area (Å²) in [6.45, 7) is 2.04. The van der Waals surface area contributed by atoms with Crippen molar-refractivity contribution in [2.75, 3.05) is 0 Å². The van der Waals surface area contributed by atoms with E-state index in [0.717, 1.165) is 21.8 Å². The molecule has 0 aliphatic carbocycles. The van der Waals surface area contributed by atoms with Gasteiger partial charge in [0.15, 0.2) is 0 Å². The Labute approximate surface area is 133 Å². The molecule has 0 saturated heterocycles. The van der Waals surface area contributed by atoms with E-state index in [4.69, 9.17) is 0 Å². The molecule has 0 saturated carbocycles. The van der Waals surface area contributed by atoms with E-state index in [-0.39, 0.29) is 0 Å². The minimum Gasteiger partial charge on any atom is -0.265 e. The van der Waals surface area contributed by atoms with Gasteiger partial charge in [0.25, 0.3) is 0 Å². The molecule has 0 bridgehead atoms. The van der Waals surface area contributed by atoms with Crippen LogP contribution in [0.5, 0.6) is 0 Å². The molecule has 4 heteroatoms. The smallest absolute Gasteiger partial charge is 0.134 e. The first-order valence-corrected chi connectivity index (χ1v) is 7.69. The first kappa shape index (κ1) is 14.2. The quantitative estimate of drug-likeness (QED) is 0.665. The number of pyridine rings is 1. The third-order valence-electron chi connectivity index (χ3n) is 3.18. The van der Waals surface area contributed by atoms with Crippen LogP contribution in [0.15, 0.2) is 54.2 Å². The highest BCUT2D eigenvalue weighted by Crippen LogP contribution is 2.26. The normalized spacial score (nSPS) is 11.2. The topological polar surface area (TPSA) is 49.6 Å². The summed E-state index contributed by atoms with van der Waals surface area (Å²) in [5.74, 6) is 0. The first-order valence-electron chi connectivity index (χ1n) is 6.81. The second-order valence-corrected chi connectivity index (χ2v) is 5.72. The highest BCUT2D eigenvalue weighted by molar-refractivity contribution is 7.11. The van der Waals surface area contributed by atoms with Crippen molar-refractivity contribution in [1.82, 2.24) is 9.97 Å². The lowest BCUT2D eigenvalue weighted by molar-refractivity contribution is 1.31. The van der Waals surface area contributed by atoms with Gasteiger partial charge in [0.05, 0.1) is 11.3 Å². The number of thiazole rings is 1. The molecule has 0 radical (unpaired) electrons. The molecule has 3 aromatic rings. The fourth-order valence-electron chi connectivity index (χ4n) is 2.12. The summed E-state index contributed by atoms with van der Waals surface area (Å²) >= 11 is 1.48. The molecule has 0 atom stereocenters. The zero-order valence-corrected chi connectivity index (χ0v) is 12.8. The van der Waals surface area contributed by atoms with Crippen molar-refractivity contribution in [2.45, 2.75) is 6.92 Å². The van der Waals surface area contributed by atoms with Gasteiger partial charge in [0, 0.05) is 23.3 Å². The van der Waals surface area contributed by atoms with Gasteiger partial charge in [-0.1, -0.05) is 29.8 Å². The Kier molecular flexibility index (Phi) is 4.08. The highest BCUT2D eigenvalue weighted by Gasteiger charge is 2.09. The molecule has 0 fully saturated rings. The van der Waals surface area contributed by atoms with E-state index in [2.05, 4.69) is 22.1 Å². The van der Waals surface area contributed by atoms with Gasteiger partial charge in [0.1, 0.15) is 11.1 Å². The van der Waals surface area contributed by atoms with Crippen molar-refractivity contribution in [3.8, 4) is 17.3 Å². The van der Waals surface area contributed by atoms with Crippen LogP contribution in [-0.2, 0) is 0 Å². The van der Waals surface area contributed by atoms with E-state index in [1.54, 1.807) is 12.4 Å². The summed E-state index contributed by atoms with van der Waals surface area (Å²) in [7, 11) is 0. The van der Waals surface area contributed by atoms with Crippen LogP contribution in [0.3, 0.4) is 0 Å². The second-order valence-electron chi connectivity index (χ2n) is 4.86. The van der Waals surface area contributed by atoms with Crippen LogP contribution in [0.1, 0.15) is 16.1 Å². The molecular formula is C18H13N3S. The molecule has 0 aliphatic rings. The van der Waals surface area contributed by atoms with E-state index >= 15 is 0 Å². The Morgan fingerprint density at radius 3 is 2.77 bits per heavy atom. The molecule has 0 N–H and O–H groups in total. The van der Waals surface area contributed by atoms with Crippen molar-refractivity contribution < 1.29 is 0 Å². The SMILES string of the molecule is Cc1cccc(/C=C(\C#N)c2nc(-c3ccncc3)cs2)c1. The fraction of sp³-hybridized carbons (Fsp3) is 0.0556. The number of nitriles is 1. The van der Waals surface area contributed by atoms with Crippen LogP contribution < -0.4 is 0 Å². The molecule has 3 nitrogen and oxygen atoms in total. The summed E-state index contributed by atoms with van der Waals surface area (Å²) < 4.78 is 0. The van der Waals surface area contributed by atoms with E-state index in [1.165, 1.54) is 16.9 Å².